The van der Waals surface area contributed by atoms with Crippen LogP contribution in [0.5, 0.6) is 0 Å². The molecule has 0 saturated heterocycles. The van der Waals surface area contributed by atoms with Crippen LogP contribution in [0, 0.1) is 11.8 Å². The summed E-state index contributed by atoms with van der Waals surface area (Å²) in [5.41, 5.74) is 0. The first-order valence-electron chi connectivity index (χ1n) is 2.55. The van der Waals surface area contributed by atoms with Crippen LogP contribution in [-0.2, 0) is 17.1 Å². The molecule has 0 aliphatic heterocycles. The molecule has 1 aromatic rings. The van der Waals surface area contributed by atoms with Crippen molar-refractivity contribution in [3.63, 3.8) is 0 Å². The van der Waals surface area contributed by atoms with Gasteiger partial charge in [0.05, 0.1) is 0 Å². The zero-order valence-corrected chi connectivity index (χ0v) is 8.28. The molecule has 0 fully saturated rings. The molecule has 0 unspecified atom stereocenters. The molecular weight excluding hydrogens is 187 g/mol. The van der Waals surface area contributed by atoms with Crippen LogP contribution in [-0.4, -0.2) is 18.9 Å². The number of hydrogen-bond donors (Lipinski definition) is 0. The van der Waals surface area contributed by atoms with Crippen LogP contribution in [0.1, 0.15) is 13.8 Å². The van der Waals surface area contributed by atoms with Gasteiger partial charge in [0.2, 0.25) is 0 Å². The van der Waals surface area contributed by atoms with E-state index in [4.69, 9.17) is 0 Å². The van der Waals surface area contributed by atoms with E-state index >= 15 is 0 Å². The van der Waals surface area contributed by atoms with Crippen LogP contribution in [0.25, 0.3) is 0 Å². The Kier molecular flexibility index (Phi) is 28.0. The minimum Gasteiger partial charge on any atom is -0.335 e. The molecule has 0 aliphatic rings. The maximum atomic E-state index is 2.90. The molecule has 1 rings (SSSR count). The van der Waals surface area contributed by atoms with E-state index < -0.39 is 0 Å². The molecule has 1 heterocycles. The Morgan fingerprint density at radius 2 is 1.90 bits per heavy atom. The number of rotatable bonds is 0. The van der Waals surface area contributed by atoms with Crippen molar-refractivity contribution in [3.05, 3.63) is 29.3 Å². The molecule has 0 atom stereocenters. The molecule has 0 bridgehead atoms. The Labute approximate surface area is 90.1 Å². The minimum atomic E-state index is 0. The normalized spacial score (nSPS) is 5.80. The first-order chi connectivity index (χ1) is 3.91. The van der Waals surface area contributed by atoms with Crippen molar-refractivity contribution in [3.8, 4) is 0 Å². The molecule has 0 amide bonds. The summed E-state index contributed by atoms with van der Waals surface area (Å²) in [5.74, 6) is 0. The van der Waals surface area contributed by atoms with Gasteiger partial charge in [0, 0.05) is 18.9 Å². The smallest absolute Gasteiger partial charge is 0.335 e. The Balaban J connectivity index is -0.0000000900. The number of thiophene rings is 1. The molecule has 0 aliphatic carbocycles. The van der Waals surface area contributed by atoms with Crippen LogP contribution in [0.15, 0.2) is 17.5 Å². The summed E-state index contributed by atoms with van der Waals surface area (Å²) in [6.45, 7) is 4.00. The average molecular weight is 197 g/mol. The number of hydrogen-bond acceptors (Lipinski definition) is 1. The van der Waals surface area contributed by atoms with Gasteiger partial charge in [0.15, 0.2) is 0 Å². The third kappa shape index (κ3) is 15.9. The first kappa shape index (κ1) is 17.1. The third-order valence-corrected chi connectivity index (χ3v) is 0.944. The van der Waals surface area contributed by atoms with Gasteiger partial charge in [-0.3, -0.25) is 0 Å². The SMILES string of the molecule is C[CH-]C.[Cu+2].[Li].[c-]1cccs1. The zero-order valence-electron chi connectivity index (χ0n) is 6.52. The van der Waals surface area contributed by atoms with E-state index in [1.54, 1.807) is 11.3 Å². The molecule has 0 N–H and O–H groups in total. The fourth-order valence-corrected chi connectivity index (χ4v) is 0.589. The standard InChI is InChI=1S/C4H3S.C3H7.Cu.Li/c1-2-4-5-3-1;1-3-2;;/h1-3H;3H,1-2H3;;/q2*-1;+2;. The van der Waals surface area contributed by atoms with Gasteiger partial charge in [0.1, 0.15) is 0 Å². The minimum absolute atomic E-state index is 0. The van der Waals surface area contributed by atoms with Gasteiger partial charge in [0.25, 0.3) is 0 Å². The summed E-state index contributed by atoms with van der Waals surface area (Å²) >= 11 is 1.59. The predicted molar refractivity (Wildman–Crippen MR) is 44.6 cm³/mol. The van der Waals surface area contributed by atoms with Crippen molar-refractivity contribution in [2.45, 2.75) is 13.8 Å². The van der Waals surface area contributed by atoms with Crippen LogP contribution in [0.4, 0.5) is 0 Å². The topological polar surface area (TPSA) is 0 Å². The van der Waals surface area contributed by atoms with E-state index in [0.717, 1.165) is 0 Å². The molecule has 10 heavy (non-hydrogen) atoms. The second-order valence-corrected chi connectivity index (χ2v) is 2.05. The Bertz CT molecular complexity index is 80.5. The molecule has 3 heteroatoms. The fourth-order valence-electron chi connectivity index (χ4n) is 0.196. The van der Waals surface area contributed by atoms with Gasteiger partial charge < -0.3 is 17.8 Å². The van der Waals surface area contributed by atoms with E-state index in [2.05, 4.69) is 5.38 Å². The largest absolute Gasteiger partial charge is 2.00 e. The van der Waals surface area contributed by atoms with Crippen molar-refractivity contribution in [1.82, 2.24) is 0 Å². The van der Waals surface area contributed by atoms with E-state index in [1.165, 1.54) is 0 Å². The van der Waals surface area contributed by atoms with Gasteiger partial charge in [-0.05, 0) is 0 Å². The monoisotopic (exact) mass is 196 g/mol. The first-order valence-corrected chi connectivity index (χ1v) is 3.43. The van der Waals surface area contributed by atoms with E-state index in [9.17, 15) is 0 Å². The Morgan fingerprint density at radius 3 is 2.00 bits per heavy atom. The summed E-state index contributed by atoms with van der Waals surface area (Å²) in [6, 6.07) is 3.86. The molecule has 2 radical (unpaired) electrons. The summed E-state index contributed by atoms with van der Waals surface area (Å²) in [7, 11) is 0. The second-order valence-electron chi connectivity index (χ2n) is 1.31. The van der Waals surface area contributed by atoms with Gasteiger partial charge in [-0.15, -0.1) is 5.38 Å². The van der Waals surface area contributed by atoms with Crippen molar-refractivity contribution >= 4 is 30.2 Å². The van der Waals surface area contributed by atoms with Crippen LogP contribution >= 0.6 is 11.3 Å². The molecule has 0 spiro atoms. The quantitative estimate of drug-likeness (QED) is 0.442. The Morgan fingerprint density at radius 1 is 1.40 bits per heavy atom. The fraction of sp³-hybridized carbons (Fsp3) is 0.286. The molecular formula is C7H10CuLiS. The zero-order chi connectivity index (χ0) is 6.24. The summed E-state index contributed by atoms with van der Waals surface area (Å²) in [5, 5.41) is 4.89. The Hall–Kier alpha value is 0.817. The summed E-state index contributed by atoms with van der Waals surface area (Å²) in [6.07, 6.45) is 2.00. The van der Waals surface area contributed by atoms with Crippen LogP contribution in [0.2, 0.25) is 0 Å². The predicted octanol–water partition coefficient (Wildman–Crippen LogP) is 2.40. The van der Waals surface area contributed by atoms with E-state index in [1.807, 2.05) is 37.8 Å². The van der Waals surface area contributed by atoms with Gasteiger partial charge >= 0.3 is 17.1 Å². The molecule has 56 valence electrons. The van der Waals surface area contributed by atoms with Crippen molar-refractivity contribution in [2.24, 2.45) is 0 Å². The van der Waals surface area contributed by atoms with E-state index in [-0.39, 0.29) is 35.9 Å². The van der Waals surface area contributed by atoms with Crippen LogP contribution in [0.3, 0.4) is 0 Å². The van der Waals surface area contributed by atoms with Crippen molar-refractivity contribution in [1.29, 1.82) is 0 Å². The summed E-state index contributed by atoms with van der Waals surface area (Å²) < 4.78 is 0. The van der Waals surface area contributed by atoms with Crippen molar-refractivity contribution < 1.29 is 17.1 Å². The van der Waals surface area contributed by atoms with Gasteiger partial charge in [-0.25, -0.2) is 6.07 Å². The molecule has 1 aromatic heterocycles. The molecule has 0 aromatic carbocycles. The average Bonchev–Trinajstić information content (AvgIpc) is 2.17. The van der Waals surface area contributed by atoms with Crippen LogP contribution < -0.4 is 0 Å². The second kappa shape index (κ2) is 16.4. The third-order valence-electron chi connectivity index (χ3n) is 0.379. The maximum absolute atomic E-state index is 2.90. The van der Waals surface area contributed by atoms with Crippen molar-refractivity contribution in [2.75, 3.05) is 0 Å². The maximum Gasteiger partial charge on any atom is 2.00 e. The summed E-state index contributed by atoms with van der Waals surface area (Å²) in [4.78, 5) is 0. The molecule has 0 saturated carbocycles. The molecule has 0 nitrogen and oxygen atoms in total. The van der Waals surface area contributed by atoms with Gasteiger partial charge in [-0.2, -0.15) is 25.3 Å². The van der Waals surface area contributed by atoms with Gasteiger partial charge in [-0.1, -0.05) is 0 Å². The van der Waals surface area contributed by atoms with E-state index in [0.29, 0.717) is 0 Å².